The normalized spacial score (nSPS) is 40.7. The smallest absolute Gasteiger partial charge is 0.0169 e. The van der Waals surface area contributed by atoms with E-state index in [1.165, 1.54) is 58.2 Å². The highest BCUT2D eigenvalue weighted by molar-refractivity contribution is 4.95. The third kappa shape index (κ3) is 2.28. The van der Waals surface area contributed by atoms with E-state index >= 15 is 0 Å². The lowest BCUT2D eigenvalue weighted by Crippen LogP contribution is -2.45. The minimum absolute atomic E-state index is 0.697. The topological polar surface area (TPSA) is 15.3 Å². The molecule has 2 heteroatoms. The van der Waals surface area contributed by atoms with Crippen molar-refractivity contribution >= 4 is 0 Å². The Bertz CT molecular complexity index is 235. The van der Waals surface area contributed by atoms with E-state index < -0.39 is 0 Å². The minimum atomic E-state index is 0.697. The van der Waals surface area contributed by atoms with Crippen LogP contribution in [-0.4, -0.2) is 36.6 Å². The zero-order chi connectivity index (χ0) is 11.0. The Labute approximate surface area is 99.8 Å². The second-order valence-corrected chi connectivity index (χ2v) is 6.36. The van der Waals surface area contributed by atoms with Crippen LogP contribution in [0, 0.1) is 11.8 Å². The first-order valence-corrected chi connectivity index (χ1v) is 7.29. The molecule has 2 aliphatic carbocycles. The highest BCUT2D eigenvalue weighted by Gasteiger charge is 2.39. The summed E-state index contributed by atoms with van der Waals surface area (Å²) in [6, 6.07) is 1.55. The molecule has 16 heavy (non-hydrogen) atoms. The van der Waals surface area contributed by atoms with Gasteiger partial charge in [-0.3, -0.25) is 0 Å². The molecule has 0 amide bonds. The molecule has 2 bridgehead atoms. The van der Waals surface area contributed by atoms with Gasteiger partial charge >= 0.3 is 0 Å². The standard InChI is InChI=1S/C14H26N2/c1-11(10-16-6-2-3-7-16)15-14-9-12-4-5-13(14)8-12/h11-15H,2-10H2,1H3. The molecule has 1 heterocycles. The van der Waals surface area contributed by atoms with Crippen molar-refractivity contribution in [2.24, 2.45) is 11.8 Å². The fourth-order valence-corrected chi connectivity index (χ4v) is 4.22. The molecule has 2 nitrogen and oxygen atoms in total. The monoisotopic (exact) mass is 222 g/mol. The molecule has 1 aliphatic heterocycles. The summed E-state index contributed by atoms with van der Waals surface area (Å²) in [4.78, 5) is 2.63. The third-order valence-electron chi connectivity index (χ3n) is 4.97. The van der Waals surface area contributed by atoms with Crippen molar-refractivity contribution in [3.05, 3.63) is 0 Å². The van der Waals surface area contributed by atoms with Gasteiger partial charge in [-0.1, -0.05) is 6.42 Å². The van der Waals surface area contributed by atoms with Gasteiger partial charge in [0, 0.05) is 18.6 Å². The van der Waals surface area contributed by atoms with E-state index in [0.717, 1.165) is 17.9 Å². The van der Waals surface area contributed by atoms with Crippen LogP contribution in [0.25, 0.3) is 0 Å². The van der Waals surface area contributed by atoms with Crippen molar-refractivity contribution < 1.29 is 0 Å². The predicted molar refractivity (Wildman–Crippen MR) is 67.5 cm³/mol. The van der Waals surface area contributed by atoms with Gasteiger partial charge in [0.05, 0.1) is 0 Å². The summed E-state index contributed by atoms with van der Waals surface area (Å²) < 4.78 is 0. The zero-order valence-electron chi connectivity index (χ0n) is 10.6. The second-order valence-electron chi connectivity index (χ2n) is 6.36. The molecular weight excluding hydrogens is 196 g/mol. The van der Waals surface area contributed by atoms with Crippen LogP contribution in [0.3, 0.4) is 0 Å². The first-order valence-electron chi connectivity index (χ1n) is 7.29. The number of likely N-dealkylation sites (tertiary alicyclic amines) is 1. The lowest BCUT2D eigenvalue weighted by molar-refractivity contribution is 0.259. The fraction of sp³-hybridized carbons (Fsp3) is 1.00. The molecule has 0 aromatic heterocycles. The average Bonchev–Trinajstić information content (AvgIpc) is 2.92. The van der Waals surface area contributed by atoms with Gasteiger partial charge in [-0.2, -0.15) is 0 Å². The van der Waals surface area contributed by atoms with Crippen molar-refractivity contribution in [2.45, 2.75) is 57.5 Å². The van der Waals surface area contributed by atoms with Crippen LogP contribution < -0.4 is 5.32 Å². The second kappa shape index (κ2) is 4.66. The Balaban J connectivity index is 1.43. The van der Waals surface area contributed by atoms with Crippen molar-refractivity contribution in [1.82, 2.24) is 10.2 Å². The number of rotatable bonds is 4. The SMILES string of the molecule is CC(CN1CCCC1)NC1CC2CCC1C2. The number of nitrogens with zero attached hydrogens (tertiary/aromatic N) is 1. The van der Waals surface area contributed by atoms with Gasteiger partial charge in [0.2, 0.25) is 0 Å². The van der Waals surface area contributed by atoms with Crippen molar-refractivity contribution in [1.29, 1.82) is 0 Å². The molecule has 4 unspecified atom stereocenters. The first kappa shape index (κ1) is 11.0. The fourth-order valence-electron chi connectivity index (χ4n) is 4.22. The quantitative estimate of drug-likeness (QED) is 0.785. The maximum Gasteiger partial charge on any atom is 0.0169 e. The molecule has 3 fully saturated rings. The van der Waals surface area contributed by atoms with Crippen molar-refractivity contribution in [3.63, 3.8) is 0 Å². The van der Waals surface area contributed by atoms with E-state index in [4.69, 9.17) is 0 Å². The summed E-state index contributed by atoms with van der Waals surface area (Å²) in [5, 5.41) is 3.90. The predicted octanol–water partition coefficient (Wildman–Crippen LogP) is 2.25. The van der Waals surface area contributed by atoms with Gasteiger partial charge in [0.15, 0.2) is 0 Å². The molecule has 92 valence electrons. The van der Waals surface area contributed by atoms with Crippen LogP contribution in [-0.2, 0) is 0 Å². The Morgan fingerprint density at radius 1 is 1.19 bits per heavy atom. The first-order chi connectivity index (χ1) is 7.81. The molecule has 0 aromatic rings. The number of nitrogens with one attached hydrogen (secondary N) is 1. The largest absolute Gasteiger partial charge is 0.310 e. The molecule has 0 spiro atoms. The number of hydrogen-bond donors (Lipinski definition) is 1. The lowest BCUT2D eigenvalue weighted by atomic mass is 9.95. The Morgan fingerprint density at radius 2 is 2.00 bits per heavy atom. The van der Waals surface area contributed by atoms with Crippen LogP contribution in [0.4, 0.5) is 0 Å². The molecule has 4 atom stereocenters. The van der Waals surface area contributed by atoms with Gasteiger partial charge in [-0.25, -0.2) is 0 Å². The van der Waals surface area contributed by atoms with Gasteiger partial charge in [-0.05, 0) is 64.0 Å². The highest BCUT2D eigenvalue weighted by Crippen LogP contribution is 2.44. The minimum Gasteiger partial charge on any atom is -0.310 e. The molecule has 2 saturated carbocycles. The van der Waals surface area contributed by atoms with Gasteiger partial charge in [0.25, 0.3) is 0 Å². The summed E-state index contributed by atoms with van der Waals surface area (Å²) in [5.41, 5.74) is 0. The van der Waals surface area contributed by atoms with Gasteiger partial charge in [0.1, 0.15) is 0 Å². The van der Waals surface area contributed by atoms with E-state index in [1.807, 2.05) is 0 Å². The summed E-state index contributed by atoms with van der Waals surface area (Å²) in [6.45, 7) is 6.32. The highest BCUT2D eigenvalue weighted by atomic mass is 15.2. The summed E-state index contributed by atoms with van der Waals surface area (Å²) >= 11 is 0. The van der Waals surface area contributed by atoms with E-state index in [-0.39, 0.29) is 0 Å². The van der Waals surface area contributed by atoms with Crippen LogP contribution in [0.2, 0.25) is 0 Å². The zero-order valence-corrected chi connectivity index (χ0v) is 10.6. The van der Waals surface area contributed by atoms with Crippen LogP contribution >= 0.6 is 0 Å². The van der Waals surface area contributed by atoms with Crippen molar-refractivity contribution in [3.8, 4) is 0 Å². The summed E-state index contributed by atoms with van der Waals surface area (Å²) in [7, 11) is 0. The van der Waals surface area contributed by atoms with Gasteiger partial charge in [-0.15, -0.1) is 0 Å². The molecule has 0 radical (unpaired) electrons. The molecule has 0 aromatic carbocycles. The summed E-state index contributed by atoms with van der Waals surface area (Å²) in [5.74, 6) is 2.09. The molecule has 3 rings (SSSR count). The van der Waals surface area contributed by atoms with E-state index in [2.05, 4.69) is 17.1 Å². The van der Waals surface area contributed by atoms with Crippen LogP contribution in [0.5, 0.6) is 0 Å². The summed E-state index contributed by atoms with van der Waals surface area (Å²) in [6.07, 6.45) is 8.84. The molecular formula is C14H26N2. The number of hydrogen-bond acceptors (Lipinski definition) is 2. The average molecular weight is 222 g/mol. The van der Waals surface area contributed by atoms with Crippen LogP contribution in [0.15, 0.2) is 0 Å². The number of fused-ring (bicyclic) bond motifs is 2. The van der Waals surface area contributed by atoms with Crippen LogP contribution in [0.1, 0.15) is 45.4 Å². The van der Waals surface area contributed by atoms with E-state index in [1.54, 1.807) is 0 Å². The van der Waals surface area contributed by atoms with Gasteiger partial charge < -0.3 is 10.2 Å². The Hall–Kier alpha value is -0.0800. The van der Waals surface area contributed by atoms with E-state index in [9.17, 15) is 0 Å². The maximum absolute atomic E-state index is 3.90. The molecule has 1 N–H and O–H groups in total. The molecule has 1 saturated heterocycles. The Kier molecular flexibility index (Phi) is 3.21. The van der Waals surface area contributed by atoms with E-state index in [0.29, 0.717) is 6.04 Å². The maximum atomic E-state index is 3.90. The molecule has 3 aliphatic rings. The Morgan fingerprint density at radius 3 is 2.62 bits per heavy atom. The van der Waals surface area contributed by atoms with Crippen molar-refractivity contribution in [2.75, 3.05) is 19.6 Å². The lowest BCUT2D eigenvalue weighted by Gasteiger charge is -2.29. The third-order valence-corrected chi connectivity index (χ3v) is 4.97.